The Balaban J connectivity index is 6.30. The Hall–Kier alpha value is -0.246. The summed E-state index contributed by atoms with van der Waals surface area (Å²) in [7, 11) is -5.23. The molecule has 0 bridgehead atoms. The zero-order valence-electron chi connectivity index (χ0n) is 22.6. The van der Waals surface area contributed by atoms with Crippen molar-refractivity contribution in [1.29, 1.82) is 0 Å². The number of rotatable bonds is 21. The van der Waals surface area contributed by atoms with E-state index < -0.39 is 17.1 Å². The van der Waals surface area contributed by atoms with Crippen molar-refractivity contribution in [1.82, 2.24) is 0 Å². The second-order valence-electron chi connectivity index (χ2n) is 8.80. The molecule has 0 amide bonds. The fraction of sp³-hybridized carbons (Fsp3) is 0.846. The molecule has 4 nitrogen and oxygen atoms in total. The van der Waals surface area contributed by atoms with Gasteiger partial charge >= 0.3 is 17.1 Å². The zero-order valence-corrected chi connectivity index (χ0v) is 24.6. The van der Waals surface area contributed by atoms with Crippen molar-refractivity contribution in [2.24, 2.45) is 0 Å². The fourth-order valence-corrected chi connectivity index (χ4v) is 11.8. The molecule has 2 unspecified atom stereocenters. The van der Waals surface area contributed by atoms with Crippen LogP contribution in [0.25, 0.3) is 0 Å². The summed E-state index contributed by atoms with van der Waals surface area (Å²) >= 11 is 0. The molecule has 0 N–H and O–H groups in total. The van der Waals surface area contributed by atoms with Gasteiger partial charge in [-0.1, -0.05) is 80.4 Å². The second kappa shape index (κ2) is 19.1. The molecule has 0 saturated heterocycles. The molecule has 190 valence electrons. The molecule has 6 heteroatoms. The van der Waals surface area contributed by atoms with E-state index in [0.29, 0.717) is 0 Å². The molecule has 0 fully saturated rings. The van der Waals surface area contributed by atoms with Crippen LogP contribution in [-0.4, -0.2) is 43.5 Å². The highest BCUT2D eigenvalue weighted by molar-refractivity contribution is 6.80. The standard InChI is InChI=1S/C26H54O4Si2/c1-9-15-17-23-31(27-19-11-3,28-20-12-4)25(7)26(8)32(29-21-13-5,30-22-14-6)24-18-16-10-2/h17-18,23-26H,9-16,19-22H2,1-8H3. The van der Waals surface area contributed by atoms with Crippen molar-refractivity contribution < 1.29 is 17.7 Å². The van der Waals surface area contributed by atoms with Crippen LogP contribution >= 0.6 is 0 Å². The molecule has 0 aliphatic carbocycles. The van der Waals surface area contributed by atoms with Crippen LogP contribution in [0.3, 0.4) is 0 Å². The maximum Gasteiger partial charge on any atom is 0.367 e. The lowest BCUT2D eigenvalue weighted by molar-refractivity contribution is 0.151. The van der Waals surface area contributed by atoms with Crippen LogP contribution in [0.4, 0.5) is 0 Å². The minimum absolute atomic E-state index is 0.223. The Kier molecular flexibility index (Phi) is 19.0. The highest BCUT2D eigenvalue weighted by Gasteiger charge is 2.53. The summed E-state index contributed by atoms with van der Waals surface area (Å²) in [5.41, 5.74) is 5.08. The molecule has 0 aromatic rings. The maximum absolute atomic E-state index is 6.66. The van der Waals surface area contributed by atoms with Crippen LogP contribution in [0.15, 0.2) is 23.6 Å². The summed E-state index contributed by atoms with van der Waals surface area (Å²) in [6.07, 6.45) is 12.9. The molecule has 0 aliphatic rings. The predicted molar refractivity (Wildman–Crippen MR) is 143 cm³/mol. The van der Waals surface area contributed by atoms with Crippen LogP contribution < -0.4 is 0 Å². The maximum atomic E-state index is 6.66. The third-order valence-electron chi connectivity index (χ3n) is 5.76. The molecular formula is C26H54O4Si2. The lowest BCUT2D eigenvalue weighted by Crippen LogP contribution is -2.54. The quantitative estimate of drug-likeness (QED) is 0.153. The third kappa shape index (κ3) is 10.8. The van der Waals surface area contributed by atoms with Gasteiger partial charge in [0, 0.05) is 37.5 Å². The minimum Gasteiger partial charge on any atom is -0.391 e. The van der Waals surface area contributed by atoms with Gasteiger partial charge in [0.25, 0.3) is 0 Å². The van der Waals surface area contributed by atoms with Crippen LogP contribution in [0.5, 0.6) is 0 Å². The van der Waals surface area contributed by atoms with Crippen molar-refractivity contribution in [3.63, 3.8) is 0 Å². The van der Waals surface area contributed by atoms with Crippen molar-refractivity contribution in [3.05, 3.63) is 23.6 Å². The number of hydrogen-bond acceptors (Lipinski definition) is 4. The monoisotopic (exact) mass is 486 g/mol. The van der Waals surface area contributed by atoms with Gasteiger partial charge in [-0.05, 0) is 49.9 Å². The molecule has 0 spiro atoms. The largest absolute Gasteiger partial charge is 0.391 e. The van der Waals surface area contributed by atoms with E-state index in [2.05, 4.69) is 78.9 Å². The summed E-state index contributed by atoms with van der Waals surface area (Å²) in [6.45, 7) is 20.7. The molecule has 32 heavy (non-hydrogen) atoms. The molecule has 0 saturated carbocycles. The molecule has 0 aliphatic heterocycles. The topological polar surface area (TPSA) is 36.9 Å². The Bertz CT molecular complexity index is 436. The average molecular weight is 487 g/mol. The van der Waals surface area contributed by atoms with Crippen molar-refractivity contribution in [3.8, 4) is 0 Å². The summed E-state index contributed by atoms with van der Waals surface area (Å²) in [6, 6.07) is 0. The first kappa shape index (κ1) is 31.8. The van der Waals surface area contributed by atoms with Crippen molar-refractivity contribution >= 4 is 17.1 Å². The Morgan fingerprint density at radius 2 is 0.781 bits per heavy atom. The number of allylic oxidation sites excluding steroid dienone is 2. The van der Waals surface area contributed by atoms with E-state index in [1.54, 1.807) is 0 Å². The number of unbranched alkanes of at least 4 members (excludes halogenated alkanes) is 2. The zero-order chi connectivity index (χ0) is 24.3. The lowest BCUT2D eigenvalue weighted by Gasteiger charge is -2.42. The van der Waals surface area contributed by atoms with E-state index in [9.17, 15) is 0 Å². The van der Waals surface area contributed by atoms with E-state index >= 15 is 0 Å². The first-order valence-corrected chi connectivity index (χ1v) is 17.3. The normalized spacial score (nSPS) is 15.1. The first-order valence-electron chi connectivity index (χ1n) is 13.3. The average Bonchev–Trinajstić information content (AvgIpc) is 2.81. The van der Waals surface area contributed by atoms with Crippen molar-refractivity contribution in [2.75, 3.05) is 26.4 Å². The molecule has 2 atom stereocenters. The van der Waals surface area contributed by atoms with Gasteiger partial charge in [0.1, 0.15) is 0 Å². The summed E-state index contributed by atoms with van der Waals surface area (Å²) in [4.78, 5) is 0. The number of hydrogen-bond donors (Lipinski definition) is 0. The third-order valence-corrected chi connectivity index (χ3v) is 13.7. The predicted octanol–water partition coefficient (Wildman–Crippen LogP) is 8.15. The molecule has 0 aromatic heterocycles. The van der Waals surface area contributed by atoms with Gasteiger partial charge in [-0.25, -0.2) is 0 Å². The van der Waals surface area contributed by atoms with Crippen LogP contribution in [0.2, 0.25) is 11.1 Å². The van der Waals surface area contributed by atoms with E-state index in [1.807, 2.05) is 0 Å². The van der Waals surface area contributed by atoms with E-state index in [0.717, 1.165) is 77.8 Å². The van der Waals surface area contributed by atoms with E-state index in [1.165, 1.54) is 0 Å². The highest BCUT2D eigenvalue weighted by atomic mass is 28.4. The Morgan fingerprint density at radius 1 is 0.500 bits per heavy atom. The van der Waals surface area contributed by atoms with Gasteiger partial charge in [-0.2, -0.15) is 0 Å². The van der Waals surface area contributed by atoms with Gasteiger partial charge in [0.2, 0.25) is 0 Å². The SMILES string of the molecule is CCCC=C[Si](OCCC)(OCCC)C(C)C(C)[Si](C=CCCC)(OCCC)OCCC. The molecule has 0 aromatic carbocycles. The van der Waals surface area contributed by atoms with Gasteiger partial charge in [-0.15, -0.1) is 0 Å². The smallest absolute Gasteiger partial charge is 0.367 e. The summed E-state index contributed by atoms with van der Waals surface area (Å²) < 4.78 is 26.6. The van der Waals surface area contributed by atoms with E-state index in [-0.39, 0.29) is 11.1 Å². The highest BCUT2D eigenvalue weighted by Crippen LogP contribution is 2.44. The minimum atomic E-state index is -2.62. The molecule has 0 rings (SSSR count). The Labute approximate surface area is 202 Å². The first-order chi connectivity index (χ1) is 15.4. The van der Waals surface area contributed by atoms with Gasteiger partial charge < -0.3 is 17.7 Å². The molecule has 0 radical (unpaired) electrons. The second-order valence-corrected chi connectivity index (χ2v) is 15.3. The van der Waals surface area contributed by atoms with Gasteiger partial charge in [0.05, 0.1) is 0 Å². The molecular weight excluding hydrogens is 432 g/mol. The Morgan fingerprint density at radius 3 is 1.00 bits per heavy atom. The van der Waals surface area contributed by atoms with Gasteiger partial charge in [0.15, 0.2) is 0 Å². The molecule has 0 heterocycles. The van der Waals surface area contributed by atoms with Crippen LogP contribution in [0.1, 0.15) is 107 Å². The lowest BCUT2D eigenvalue weighted by atomic mass is 10.3. The van der Waals surface area contributed by atoms with Crippen LogP contribution in [-0.2, 0) is 17.7 Å². The fourth-order valence-electron chi connectivity index (χ4n) is 3.68. The van der Waals surface area contributed by atoms with Crippen molar-refractivity contribution in [2.45, 2.75) is 118 Å². The van der Waals surface area contributed by atoms with Gasteiger partial charge in [-0.3, -0.25) is 0 Å². The summed E-state index contributed by atoms with van der Waals surface area (Å²) in [5.74, 6) is 0. The van der Waals surface area contributed by atoms with Crippen LogP contribution in [0, 0.1) is 0 Å². The van der Waals surface area contributed by atoms with E-state index in [4.69, 9.17) is 17.7 Å². The summed E-state index contributed by atoms with van der Waals surface area (Å²) in [5, 5.41) is 0.